The Balaban J connectivity index is 0.907. The van der Waals surface area contributed by atoms with Crippen molar-refractivity contribution in [2.24, 2.45) is 11.7 Å². The number of aryl methyl sites for hydroxylation is 1. The molecular formula is C44H44N6O10. The van der Waals surface area contributed by atoms with E-state index in [0.717, 1.165) is 27.5 Å². The van der Waals surface area contributed by atoms with Crippen LogP contribution in [0.5, 0.6) is 23.0 Å². The van der Waals surface area contributed by atoms with Crippen molar-refractivity contribution in [3.63, 3.8) is 0 Å². The number of ether oxygens (including phenoxy) is 3. The minimum atomic E-state index is -1.44. The number of urea groups is 1. The lowest BCUT2D eigenvalue weighted by atomic mass is 9.97. The Labute approximate surface area is 343 Å². The van der Waals surface area contributed by atoms with Crippen LogP contribution in [0.4, 0.5) is 15.3 Å². The molecule has 3 aromatic carbocycles. The Hall–Kier alpha value is -7.10. The number of esters is 1. The summed E-state index contributed by atoms with van der Waals surface area (Å²) in [5, 5.41) is 40.4. The van der Waals surface area contributed by atoms with Crippen LogP contribution in [0.1, 0.15) is 79.0 Å². The number of aromatic hydroxyl groups is 3. The van der Waals surface area contributed by atoms with E-state index >= 15 is 0 Å². The van der Waals surface area contributed by atoms with Gasteiger partial charge in [-0.25, -0.2) is 24.3 Å². The number of hydrogen-bond donors (Lipinski definition) is 5. The van der Waals surface area contributed by atoms with Crippen molar-refractivity contribution < 1.29 is 43.9 Å². The number of phenolic OH excluding ortho intramolecular Hbond substituents is 3. The summed E-state index contributed by atoms with van der Waals surface area (Å²) < 4.78 is 18.8. The molecule has 5 aromatic rings. The number of likely N-dealkylation sites (tertiary alicyclic amines) is 1. The molecule has 60 heavy (non-hydrogen) atoms. The van der Waals surface area contributed by atoms with Crippen LogP contribution in [0.2, 0.25) is 0 Å². The lowest BCUT2D eigenvalue weighted by molar-refractivity contribution is -0.158. The van der Waals surface area contributed by atoms with Crippen molar-refractivity contribution in [1.29, 1.82) is 5.41 Å². The number of phenols is 3. The molecule has 8 rings (SSSR count). The number of aromatic nitrogens is 2. The molecule has 3 amide bonds. The molecule has 0 bridgehead atoms. The van der Waals surface area contributed by atoms with Gasteiger partial charge in [0.25, 0.3) is 5.56 Å². The molecule has 1 unspecified atom stereocenters. The number of amides is 3. The quantitative estimate of drug-likeness (QED) is 0.0663. The molecule has 16 nitrogen and oxygen atoms in total. The molecule has 0 aliphatic carbocycles. The van der Waals surface area contributed by atoms with Gasteiger partial charge in [-0.3, -0.25) is 10.2 Å². The smallest absolute Gasteiger partial charge is 0.410 e. The molecule has 1 saturated heterocycles. The highest BCUT2D eigenvalue weighted by Gasteiger charge is 2.39. The second-order valence-electron chi connectivity index (χ2n) is 15.5. The first-order valence-electron chi connectivity index (χ1n) is 19.7. The van der Waals surface area contributed by atoms with Gasteiger partial charge in [0, 0.05) is 35.7 Å². The Kier molecular flexibility index (Phi) is 10.3. The van der Waals surface area contributed by atoms with Crippen LogP contribution in [0.3, 0.4) is 0 Å². The maximum absolute atomic E-state index is 13.9. The molecule has 1 atom stereocenters. The van der Waals surface area contributed by atoms with Gasteiger partial charge in [0.05, 0.1) is 46.9 Å². The van der Waals surface area contributed by atoms with Gasteiger partial charge < -0.3 is 44.7 Å². The first kappa shape index (κ1) is 39.7. The fourth-order valence-electron chi connectivity index (χ4n) is 8.29. The highest BCUT2D eigenvalue weighted by molar-refractivity contribution is 6.22. The normalized spacial score (nSPS) is 15.9. The van der Waals surface area contributed by atoms with Crippen LogP contribution in [0.25, 0.3) is 22.3 Å². The molecule has 3 aliphatic heterocycles. The number of carbonyl (C=O) groups excluding carboxylic acids is 3. The average Bonchev–Trinajstić information content (AvgIpc) is 3.59. The van der Waals surface area contributed by atoms with Crippen molar-refractivity contribution in [3.8, 4) is 34.4 Å². The number of hydrogen-bond acceptors (Lipinski definition) is 12. The van der Waals surface area contributed by atoms with E-state index < -0.39 is 24.2 Å². The van der Waals surface area contributed by atoms with Gasteiger partial charge in [-0.05, 0) is 96.8 Å². The van der Waals surface area contributed by atoms with Gasteiger partial charge in [0.15, 0.2) is 0 Å². The van der Waals surface area contributed by atoms with Crippen LogP contribution in [0, 0.1) is 11.3 Å². The first-order valence-corrected chi connectivity index (χ1v) is 19.7. The van der Waals surface area contributed by atoms with Crippen LogP contribution in [0.15, 0.2) is 65.5 Å². The SMILES string of the molecule is CCc1c2c(nc3ccc(O)cc13)-c1cc3c(c(=O)n1C2)COC(=O)C3OC(=O)N1CCC(COc2ccc(N(C(=N)c3cc(C(C)C)c(O)cc3O)C(N)=O)cc2)CC1. The van der Waals surface area contributed by atoms with Crippen LogP contribution in [-0.2, 0) is 33.8 Å². The summed E-state index contributed by atoms with van der Waals surface area (Å²) in [6.07, 6.45) is -0.324. The maximum Gasteiger partial charge on any atom is 0.410 e. The fraction of sp³-hybridized carbons (Fsp3) is 0.318. The Morgan fingerprint density at radius 2 is 1.73 bits per heavy atom. The second-order valence-corrected chi connectivity index (χ2v) is 15.5. The number of carbonyl (C=O) groups is 3. The summed E-state index contributed by atoms with van der Waals surface area (Å²) in [7, 11) is 0. The van der Waals surface area contributed by atoms with Crippen molar-refractivity contribution in [1.82, 2.24) is 14.5 Å². The highest BCUT2D eigenvalue weighted by atomic mass is 16.6. The Bertz CT molecular complexity index is 2650. The topological polar surface area (TPSA) is 231 Å². The molecule has 5 heterocycles. The summed E-state index contributed by atoms with van der Waals surface area (Å²) in [6, 6.07) is 14.7. The number of benzene rings is 3. The van der Waals surface area contributed by atoms with Gasteiger partial charge >= 0.3 is 18.1 Å². The summed E-state index contributed by atoms with van der Waals surface area (Å²) >= 11 is 0. The first-order chi connectivity index (χ1) is 28.7. The number of anilines is 1. The van der Waals surface area contributed by atoms with Gasteiger partial charge in [0.1, 0.15) is 35.4 Å². The zero-order valence-electron chi connectivity index (χ0n) is 33.2. The van der Waals surface area contributed by atoms with E-state index in [0.29, 0.717) is 67.2 Å². The monoisotopic (exact) mass is 816 g/mol. The third-order valence-corrected chi connectivity index (χ3v) is 11.5. The molecule has 16 heteroatoms. The van der Waals surface area contributed by atoms with Crippen LogP contribution in [-0.4, -0.2) is 73.4 Å². The summed E-state index contributed by atoms with van der Waals surface area (Å²) in [5.74, 6) is -1.03. The summed E-state index contributed by atoms with van der Waals surface area (Å²) in [5.41, 5.74) is 10.2. The van der Waals surface area contributed by atoms with Gasteiger partial charge in [-0.1, -0.05) is 20.8 Å². The van der Waals surface area contributed by atoms with Crippen molar-refractivity contribution in [2.75, 3.05) is 24.6 Å². The van der Waals surface area contributed by atoms with E-state index in [-0.39, 0.29) is 76.0 Å². The average molecular weight is 817 g/mol. The van der Waals surface area contributed by atoms with E-state index in [2.05, 4.69) is 0 Å². The molecular weight excluding hydrogens is 773 g/mol. The predicted molar refractivity (Wildman–Crippen MR) is 220 cm³/mol. The molecule has 0 radical (unpaired) electrons. The van der Waals surface area contributed by atoms with Crippen molar-refractivity contribution >= 4 is 40.5 Å². The lowest BCUT2D eigenvalue weighted by Gasteiger charge is -2.33. The fourth-order valence-corrected chi connectivity index (χ4v) is 8.29. The number of amidine groups is 1. The lowest BCUT2D eigenvalue weighted by Crippen LogP contribution is -2.42. The molecule has 2 aromatic heterocycles. The largest absolute Gasteiger partial charge is 0.508 e. The number of rotatable bonds is 8. The number of primary amides is 1. The Morgan fingerprint density at radius 3 is 2.42 bits per heavy atom. The third kappa shape index (κ3) is 7.07. The molecule has 1 fully saturated rings. The maximum atomic E-state index is 13.9. The Morgan fingerprint density at radius 1 is 1.00 bits per heavy atom. The number of piperidine rings is 1. The number of nitrogens with one attached hydrogen (secondary N) is 1. The third-order valence-electron chi connectivity index (χ3n) is 11.5. The van der Waals surface area contributed by atoms with E-state index in [4.69, 9.17) is 30.3 Å². The van der Waals surface area contributed by atoms with Crippen LogP contribution < -0.4 is 20.9 Å². The van der Waals surface area contributed by atoms with E-state index in [1.165, 1.54) is 11.0 Å². The molecule has 0 saturated carbocycles. The molecule has 310 valence electrons. The zero-order chi connectivity index (χ0) is 42.6. The summed E-state index contributed by atoms with van der Waals surface area (Å²) in [4.78, 5) is 60.3. The number of nitrogens with two attached hydrogens (primary N) is 1. The predicted octanol–water partition coefficient (Wildman–Crippen LogP) is 6.16. The second kappa shape index (κ2) is 15.6. The molecule has 3 aliphatic rings. The van der Waals surface area contributed by atoms with E-state index in [9.17, 15) is 34.5 Å². The molecule has 0 spiro atoms. The standard InChI is InChI=1S/C44H44N6O10/c1-4-27-29-15-25(51)7-10-34(29)47-38-32(27)19-49-35(38)17-30-33(41(49)54)21-59-42(55)39(30)60-44(57)48-13-11-23(12-14-48)20-58-26-8-5-24(6-9-26)50(43(46)56)40(45)31-16-28(22(2)3)36(52)18-37(31)53/h5-10,15-18,22-23,39,45,51-53H,4,11-14,19-21H2,1-3H3,(H2,46,56). The van der Waals surface area contributed by atoms with Gasteiger partial charge in [0.2, 0.25) is 6.10 Å². The van der Waals surface area contributed by atoms with E-state index in [1.807, 2.05) is 20.8 Å². The zero-order valence-corrected chi connectivity index (χ0v) is 33.2. The van der Waals surface area contributed by atoms with Gasteiger partial charge in [-0.2, -0.15) is 0 Å². The number of nitrogens with zero attached hydrogens (tertiary/aromatic N) is 4. The van der Waals surface area contributed by atoms with Crippen molar-refractivity contribution in [2.45, 2.75) is 65.2 Å². The van der Waals surface area contributed by atoms with Crippen LogP contribution >= 0.6 is 0 Å². The summed E-state index contributed by atoms with van der Waals surface area (Å²) in [6.45, 7) is 6.74. The minimum Gasteiger partial charge on any atom is -0.508 e. The van der Waals surface area contributed by atoms with Gasteiger partial charge in [-0.15, -0.1) is 0 Å². The highest BCUT2D eigenvalue weighted by Crippen LogP contribution is 2.40. The molecule has 6 N–H and O–H groups in total. The minimum absolute atomic E-state index is 0.0277. The number of cyclic esters (lactones) is 1. The number of pyridine rings is 2. The number of fused-ring (bicyclic) bond motifs is 5. The van der Waals surface area contributed by atoms with Crippen molar-refractivity contribution in [3.05, 3.63) is 104 Å². The van der Waals surface area contributed by atoms with E-state index in [1.54, 1.807) is 53.1 Å².